The highest BCUT2D eigenvalue weighted by molar-refractivity contribution is 9.10. The zero-order chi connectivity index (χ0) is 14.3. The summed E-state index contributed by atoms with van der Waals surface area (Å²) in [5.74, 6) is 0. The molecule has 0 aromatic carbocycles. The summed E-state index contributed by atoms with van der Waals surface area (Å²) >= 11 is 3.37. The first kappa shape index (κ1) is 14.1. The Hall–Kier alpha value is -0.880. The van der Waals surface area contributed by atoms with Crippen molar-refractivity contribution in [3.05, 3.63) is 21.0 Å². The molecule has 2 aliphatic rings. The Kier molecular flexibility index (Phi) is 3.62. The van der Waals surface area contributed by atoms with Gasteiger partial charge in [0.2, 0.25) is 0 Å². The number of anilines is 1. The van der Waals surface area contributed by atoms with Crippen LogP contribution in [0.2, 0.25) is 0 Å². The number of rotatable bonds is 4. The lowest BCUT2D eigenvalue weighted by molar-refractivity contribution is -0.157. The van der Waals surface area contributed by atoms with Crippen LogP contribution in [0, 0.1) is 5.41 Å². The lowest BCUT2D eigenvalue weighted by Crippen LogP contribution is -2.64. The number of nitrogens with zero attached hydrogens (tertiary/aromatic N) is 2. The Balaban J connectivity index is 1.76. The zero-order valence-electron chi connectivity index (χ0n) is 11.9. The SMILES string of the molecule is CCO[C@@H]1C[C@@H](Nc2cnn(C)c(=O)c2Br)C12CCC2. The number of halogens is 1. The van der Waals surface area contributed by atoms with Gasteiger partial charge in [0.05, 0.1) is 18.0 Å². The molecule has 1 spiro atoms. The van der Waals surface area contributed by atoms with E-state index in [9.17, 15) is 4.79 Å². The van der Waals surface area contributed by atoms with Gasteiger partial charge in [0.25, 0.3) is 5.56 Å². The highest BCUT2D eigenvalue weighted by Crippen LogP contribution is 2.58. The van der Waals surface area contributed by atoms with E-state index < -0.39 is 0 Å². The molecular weight excluding hydrogens is 322 g/mol. The third kappa shape index (κ3) is 2.00. The summed E-state index contributed by atoms with van der Waals surface area (Å²) in [6.07, 6.45) is 6.80. The summed E-state index contributed by atoms with van der Waals surface area (Å²) in [6.45, 7) is 2.82. The summed E-state index contributed by atoms with van der Waals surface area (Å²) in [5, 5.41) is 7.57. The maximum Gasteiger partial charge on any atom is 0.282 e. The zero-order valence-corrected chi connectivity index (χ0v) is 13.4. The van der Waals surface area contributed by atoms with Crippen molar-refractivity contribution >= 4 is 21.6 Å². The Morgan fingerprint density at radius 1 is 1.60 bits per heavy atom. The molecule has 6 heteroatoms. The van der Waals surface area contributed by atoms with Crippen molar-refractivity contribution in [3.8, 4) is 0 Å². The number of hydrogen-bond acceptors (Lipinski definition) is 4. The predicted molar refractivity (Wildman–Crippen MR) is 80.9 cm³/mol. The Labute approximate surface area is 126 Å². The van der Waals surface area contributed by atoms with Gasteiger partial charge in [-0.2, -0.15) is 5.10 Å². The number of aromatic nitrogens is 2. The van der Waals surface area contributed by atoms with E-state index in [1.54, 1.807) is 13.2 Å². The van der Waals surface area contributed by atoms with Crippen LogP contribution < -0.4 is 10.9 Å². The maximum absolute atomic E-state index is 11.9. The van der Waals surface area contributed by atoms with Crippen molar-refractivity contribution in [2.24, 2.45) is 12.5 Å². The number of aryl methyl sites for hydroxylation is 1. The summed E-state index contributed by atoms with van der Waals surface area (Å²) in [4.78, 5) is 11.9. The van der Waals surface area contributed by atoms with E-state index >= 15 is 0 Å². The third-order valence-corrected chi connectivity index (χ3v) is 5.61. The molecule has 1 aromatic heterocycles. The second-order valence-corrected chi connectivity index (χ2v) is 6.56. The molecule has 1 N–H and O–H groups in total. The number of hydrogen-bond donors (Lipinski definition) is 1. The summed E-state index contributed by atoms with van der Waals surface area (Å²) in [6, 6.07) is 0.387. The molecule has 0 unspecified atom stereocenters. The second-order valence-electron chi connectivity index (χ2n) is 5.76. The summed E-state index contributed by atoms with van der Waals surface area (Å²) in [5.41, 5.74) is 0.953. The molecule has 2 saturated carbocycles. The van der Waals surface area contributed by atoms with Crippen molar-refractivity contribution in [3.63, 3.8) is 0 Å². The molecule has 20 heavy (non-hydrogen) atoms. The molecule has 1 heterocycles. The maximum atomic E-state index is 11.9. The smallest absolute Gasteiger partial charge is 0.282 e. The first-order valence-corrected chi connectivity index (χ1v) is 7.97. The van der Waals surface area contributed by atoms with Gasteiger partial charge >= 0.3 is 0 Å². The fourth-order valence-corrected chi connectivity index (χ4v) is 3.91. The van der Waals surface area contributed by atoms with Crippen molar-refractivity contribution < 1.29 is 4.74 Å². The van der Waals surface area contributed by atoms with Crippen LogP contribution in [0.1, 0.15) is 32.6 Å². The van der Waals surface area contributed by atoms with Gasteiger partial charge in [-0.1, -0.05) is 6.42 Å². The van der Waals surface area contributed by atoms with E-state index in [0.717, 1.165) is 18.7 Å². The molecule has 2 aliphatic carbocycles. The van der Waals surface area contributed by atoms with Crippen LogP contribution in [0.15, 0.2) is 15.5 Å². The quantitative estimate of drug-likeness (QED) is 0.912. The molecule has 2 atom stereocenters. The molecule has 0 radical (unpaired) electrons. The largest absolute Gasteiger partial charge is 0.379 e. The number of ether oxygens (including phenoxy) is 1. The molecule has 2 fully saturated rings. The van der Waals surface area contributed by atoms with Gasteiger partial charge in [-0.05, 0) is 42.1 Å². The Bertz CT molecular complexity index is 568. The van der Waals surface area contributed by atoms with Gasteiger partial charge in [0, 0.05) is 25.1 Å². The molecule has 5 nitrogen and oxygen atoms in total. The standard InChI is InChI=1S/C14H20BrN3O2/c1-3-20-11-7-10(14(11)5-4-6-14)17-9-8-16-18(2)13(19)12(9)15/h8,10-11,17H,3-7H2,1-2H3/t10-,11-/m1/s1. The first-order chi connectivity index (χ1) is 9.58. The normalized spacial score (nSPS) is 26.9. The van der Waals surface area contributed by atoms with Gasteiger partial charge in [-0.15, -0.1) is 0 Å². The minimum atomic E-state index is -0.113. The molecule has 1 aromatic rings. The van der Waals surface area contributed by atoms with E-state index in [4.69, 9.17) is 4.74 Å². The summed E-state index contributed by atoms with van der Waals surface area (Å²) in [7, 11) is 1.65. The Morgan fingerprint density at radius 2 is 2.35 bits per heavy atom. The van der Waals surface area contributed by atoms with Crippen LogP contribution in [0.5, 0.6) is 0 Å². The Morgan fingerprint density at radius 3 is 2.95 bits per heavy atom. The topological polar surface area (TPSA) is 56.1 Å². The molecule has 0 saturated heterocycles. The fraction of sp³-hybridized carbons (Fsp3) is 0.714. The van der Waals surface area contributed by atoms with E-state index in [1.165, 1.54) is 23.9 Å². The van der Waals surface area contributed by atoms with E-state index in [1.807, 2.05) is 0 Å². The molecule has 0 aliphatic heterocycles. The molecule has 0 amide bonds. The van der Waals surface area contributed by atoms with Crippen LogP contribution in [0.3, 0.4) is 0 Å². The van der Waals surface area contributed by atoms with Gasteiger partial charge < -0.3 is 10.1 Å². The van der Waals surface area contributed by atoms with Gasteiger partial charge in [-0.3, -0.25) is 4.79 Å². The van der Waals surface area contributed by atoms with Crippen LogP contribution in [0.4, 0.5) is 5.69 Å². The van der Waals surface area contributed by atoms with E-state index in [0.29, 0.717) is 16.6 Å². The van der Waals surface area contributed by atoms with Crippen LogP contribution in [-0.2, 0) is 11.8 Å². The van der Waals surface area contributed by atoms with Crippen LogP contribution >= 0.6 is 15.9 Å². The van der Waals surface area contributed by atoms with Gasteiger partial charge in [-0.25, -0.2) is 4.68 Å². The molecule has 110 valence electrons. The second kappa shape index (κ2) is 5.15. The minimum Gasteiger partial charge on any atom is -0.379 e. The van der Waals surface area contributed by atoms with Crippen LogP contribution in [0.25, 0.3) is 0 Å². The van der Waals surface area contributed by atoms with Crippen molar-refractivity contribution in [1.82, 2.24) is 9.78 Å². The van der Waals surface area contributed by atoms with E-state index in [-0.39, 0.29) is 11.0 Å². The third-order valence-electron chi connectivity index (χ3n) is 4.85. The van der Waals surface area contributed by atoms with Gasteiger partial charge in [0.1, 0.15) is 4.47 Å². The molecular formula is C14H20BrN3O2. The number of nitrogens with one attached hydrogen (secondary N) is 1. The van der Waals surface area contributed by atoms with Crippen molar-refractivity contribution in [2.45, 2.75) is 44.8 Å². The lowest BCUT2D eigenvalue weighted by atomic mass is 9.51. The summed E-state index contributed by atoms with van der Waals surface area (Å²) < 4.78 is 7.73. The predicted octanol–water partition coefficient (Wildman–Crippen LogP) is 2.30. The molecule has 3 rings (SSSR count). The lowest BCUT2D eigenvalue weighted by Gasteiger charge is -2.61. The first-order valence-electron chi connectivity index (χ1n) is 7.18. The fourth-order valence-electron chi connectivity index (χ4n) is 3.44. The highest BCUT2D eigenvalue weighted by Gasteiger charge is 2.59. The minimum absolute atomic E-state index is 0.113. The molecule has 0 bridgehead atoms. The van der Waals surface area contributed by atoms with Crippen molar-refractivity contribution in [2.75, 3.05) is 11.9 Å². The van der Waals surface area contributed by atoms with Gasteiger partial charge in [0.15, 0.2) is 0 Å². The van der Waals surface area contributed by atoms with E-state index in [2.05, 4.69) is 33.3 Å². The van der Waals surface area contributed by atoms with Crippen molar-refractivity contribution in [1.29, 1.82) is 0 Å². The highest BCUT2D eigenvalue weighted by atomic mass is 79.9. The average molecular weight is 342 g/mol. The average Bonchev–Trinajstić information content (AvgIpc) is 2.35. The van der Waals surface area contributed by atoms with Crippen LogP contribution in [-0.4, -0.2) is 28.5 Å². The monoisotopic (exact) mass is 341 g/mol.